The molecule has 0 aromatic heterocycles. The van der Waals surface area contributed by atoms with E-state index in [0.29, 0.717) is 37.2 Å². The average molecular weight is 633 g/mol. The Morgan fingerprint density at radius 1 is 0.787 bits per heavy atom. The molecule has 2 amide bonds. The third-order valence-corrected chi connectivity index (χ3v) is 9.97. The molecule has 1 aliphatic heterocycles. The van der Waals surface area contributed by atoms with Gasteiger partial charge in [-0.05, 0) is 62.3 Å². The summed E-state index contributed by atoms with van der Waals surface area (Å²) in [6.45, 7) is 6.08. The average Bonchev–Trinajstić information content (AvgIpc) is 3.55. The number of methoxy groups -OCH3 is 1. The second-order valence-electron chi connectivity index (χ2n) is 13.8. The van der Waals surface area contributed by atoms with Crippen LogP contribution in [0, 0.1) is 11.8 Å². The molecular formula is C40H44N2O5. The lowest BCUT2D eigenvalue weighted by Crippen LogP contribution is -2.53. The van der Waals surface area contributed by atoms with Gasteiger partial charge in [0.05, 0.1) is 12.7 Å². The van der Waals surface area contributed by atoms with Crippen molar-refractivity contribution in [1.29, 1.82) is 0 Å². The van der Waals surface area contributed by atoms with Gasteiger partial charge in [0.2, 0.25) is 5.91 Å². The van der Waals surface area contributed by atoms with Gasteiger partial charge in [0.25, 0.3) is 0 Å². The van der Waals surface area contributed by atoms with Crippen molar-refractivity contribution in [3.05, 3.63) is 138 Å². The van der Waals surface area contributed by atoms with Crippen LogP contribution in [0.2, 0.25) is 0 Å². The zero-order valence-corrected chi connectivity index (χ0v) is 27.6. The molecule has 2 fully saturated rings. The van der Waals surface area contributed by atoms with Crippen molar-refractivity contribution in [3.63, 3.8) is 0 Å². The number of likely N-dealkylation sites (tertiary alicyclic amines) is 1. The molecule has 0 bridgehead atoms. The summed E-state index contributed by atoms with van der Waals surface area (Å²) in [5.74, 6) is -0.110. The second kappa shape index (κ2) is 12.9. The van der Waals surface area contributed by atoms with E-state index in [1.54, 1.807) is 27.9 Å². The first-order valence-corrected chi connectivity index (χ1v) is 16.4. The number of aliphatic hydroxyl groups is 1. The van der Waals surface area contributed by atoms with Crippen molar-refractivity contribution in [2.45, 2.75) is 56.3 Å². The number of alkyl carbamates (subject to hydrolysis) is 1. The molecule has 1 heterocycles. The van der Waals surface area contributed by atoms with E-state index in [1.165, 1.54) is 0 Å². The molecule has 4 aromatic rings. The normalized spacial score (nSPS) is 22.5. The van der Waals surface area contributed by atoms with Crippen LogP contribution in [0.4, 0.5) is 4.79 Å². The first-order chi connectivity index (χ1) is 22.6. The Bertz CT molecular complexity index is 1650. The van der Waals surface area contributed by atoms with E-state index >= 15 is 0 Å². The highest BCUT2D eigenvalue weighted by molar-refractivity contribution is 5.87. The van der Waals surface area contributed by atoms with E-state index < -0.39 is 28.8 Å². The van der Waals surface area contributed by atoms with Crippen molar-refractivity contribution < 1.29 is 24.2 Å². The molecule has 0 unspecified atom stereocenters. The molecule has 4 atom stereocenters. The summed E-state index contributed by atoms with van der Waals surface area (Å²) in [6.07, 6.45) is 0.472. The fraction of sp³-hybridized carbons (Fsp3) is 0.350. The van der Waals surface area contributed by atoms with E-state index in [2.05, 4.69) is 53.8 Å². The molecule has 2 aliphatic rings. The minimum atomic E-state index is -1.26. The third kappa shape index (κ3) is 6.12. The highest BCUT2D eigenvalue weighted by Gasteiger charge is 2.61. The van der Waals surface area contributed by atoms with Gasteiger partial charge in [-0.3, -0.25) is 4.79 Å². The number of nitrogens with zero attached hydrogens (tertiary/aromatic N) is 1. The lowest BCUT2D eigenvalue weighted by Gasteiger charge is -2.53. The Labute approximate surface area is 277 Å². The van der Waals surface area contributed by atoms with Crippen LogP contribution in [0.15, 0.2) is 115 Å². The third-order valence-electron chi connectivity index (χ3n) is 9.97. The highest BCUT2D eigenvalue weighted by atomic mass is 16.6. The Morgan fingerprint density at radius 3 is 1.89 bits per heavy atom. The van der Waals surface area contributed by atoms with E-state index in [-0.39, 0.29) is 17.7 Å². The summed E-state index contributed by atoms with van der Waals surface area (Å²) < 4.78 is 11.4. The zero-order chi connectivity index (χ0) is 33.2. The number of carbonyl (C=O) groups is 2. The number of amides is 2. The van der Waals surface area contributed by atoms with Gasteiger partial charge in [-0.15, -0.1) is 0 Å². The maximum absolute atomic E-state index is 14.7. The predicted octanol–water partition coefficient (Wildman–Crippen LogP) is 7.00. The van der Waals surface area contributed by atoms with Gasteiger partial charge in [0.15, 0.2) is 0 Å². The smallest absolute Gasteiger partial charge is 0.408 e. The van der Waals surface area contributed by atoms with Crippen LogP contribution < -0.4 is 10.1 Å². The summed E-state index contributed by atoms with van der Waals surface area (Å²) >= 11 is 0. The largest absolute Gasteiger partial charge is 0.496 e. The Morgan fingerprint density at radius 2 is 1.32 bits per heavy atom. The zero-order valence-electron chi connectivity index (χ0n) is 27.6. The van der Waals surface area contributed by atoms with Crippen LogP contribution in [0.25, 0.3) is 0 Å². The molecule has 47 heavy (non-hydrogen) atoms. The van der Waals surface area contributed by atoms with Gasteiger partial charge in [-0.1, -0.05) is 109 Å². The maximum atomic E-state index is 14.7. The molecule has 1 saturated heterocycles. The van der Waals surface area contributed by atoms with Crippen molar-refractivity contribution in [3.8, 4) is 5.75 Å². The van der Waals surface area contributed by atoms with Gasteiger partial charge in [-0.25, -0.2) is 4.79 Å². The summed E-state index contributed by atoms with van der Waals surface area (Å²) in [4.78, 5) is 29.6. The van der Waals surface area contributed by atoms with Crippen LogP contribution in [0.5, 0.6) is 5.75 Å². The molecule has 0 spiro atoms. The molecule has 244 valence electrons. The van der Waals surface area contributed by atoms with E-state index in [0.717, 1.165) is 16.7 Å². The molecule has 7 nitrogen and oxygen atoms in total. The first kappa shape index (κ1) is 32.3. The van der Waals surface area contributed by atoms with E-state index in [1.807, 2.05) is 71.6 Å². The Hall–Kier alpha value is -4.62. The van der Waals surface area contributed by atoms with Gasteiger partial charge in [0, 0.05) is 30.0 Å². The molecule has 1 aliphatic carbocycles. The number of fused-ring (bicyclic) bond motifs is 1. The number of hydrogen-bond acceptors (Lipinski definition) is 5. The SMILES string of the molecule is COc1ccccc1[C@]1(O)CCC(c2ccccc2)(c2ccccc2)[C@H]2CN(C(=O)[C@@H](NC(=O)OC(C)(C)C)c3ccccc3)C[C@H]21. The lowest BCUT2D eigenvalue weighted by molar-refractivity contribution is -0.133. The molecule has 4 aromatic carbocycles. The number of benzene rings is 4. The fourth-order valence-corrected chi connectivity index (χ4v) is 7.96. The molecule has 6 rings (SSSR count). The topological polar surface area (TPSA) is 88.1 Å². The van der Waals surface area contributed by atoms with E-state index in [9.17, 15) is 14.7 Å². The molecule has 1 saturated carbocycles. The Balaban J connectivity index is 1.47. The number of hydrogen-bond donors (Lipinski definition) is 2. The number of nitrogens with one attached hydrogen (secondary N) is 1. The first-order valence-electron chi connectivity index (χ1n) is 16.4. The summed E-state index contributed by atoms with van der Waals surface area (Å²) in [6, 6.07) is 36.9. The molecule has 0 radical (unpaired) electrons. The molecular weight excluding hydrogens is 588 g/mol. The summed E-state index contributed by atoms with van der Waals surface area (Å²) in [7, 11) is 1.62. The van der Waals surface area contributed by atoms with Gasteiger partial charge in [-0.2, -0.15) is 0 Å². The van der Waals surface area contributed by atoms with Crippen LogP contribution >= 0.6 is 0 Å². The number of ether oxygens (including phenoxy) is 2. The predicted molar refractivity (Wildman–Crippen MR) is 182 cm³/mol. The van der Waals surface area contributed by atoms with Crippen LogP contribution in [0.1, 0.15) is 61.9 Å². The number of para-hydroxylation sites is 1. The van der Waals surface area contributed by atoms with Crippen molar-refractivity contribution in [2.75, 3.05) is 20.2 Å². The van der Waals surface area contributed by atoms with Gasteiger partial charge < -0.3 is 24.8 Å². The van der Waals surface area contributed by atoms with Crippen LogP contribution in [-0.2, 0) is 20.5 Å². The summed E-state index contributed by atoms with van der Waals surface area (Å²) in [5, 5.41) is 15.7. The second-order valence-corrected chi connectivity index (χ2v) is 13.8. The highest BCUT2D eigenvalue weighted by Crippen LogP contribution is 2.60. The van der Waals surface area contributed by atoms with Gasteiger partial charge in [0.1, 0.15) is 17.4 Å². The number of carbonyl (C=O) groups excluding carboxylic acids is 2. The quantitative estimate of drug-likeness (QED) is 0.229. The minimum absolute atomic E-state index is 0.155. The standard InChI is InChI=1S/C40H44N2O5/c1-38(2,3)47-37(44)41-35(28-16-8-5-9-17-28)36(43)42-26-32-33(27-42)40(45,31-22-14-15-23-34(31)46-4)25-24-39(32,29-18-10-6-11-19-29)30-20-12-7-13-21-30/h5-23,32-33,35,45H,24-27H2,1-4H3,(H,41,44)/t32-,33+,35-,40+/m0/s1. The van der Waals surface area contributed by atoms with E-state index in [4.69, 9.17) is 9.47 Å². The summed E-state index contributed by atoms with van der Waals surface area (Å²) in [5.41, 5.74) is 1.24. The van der Waals surface area contributed by atoms with Crippen molar-refractivity contribution >= 4 is 12.0 Å². The van der Waals surface area contributed by atoms with Gasteiger partial charge >= 0.3 is 6.09 Å². The van der Waals surface area contributed by atoms with Crippen LogP contribution in [0.3, 0.4) is 0 Å². The minimum Gasteiger partial charge on any atom is -0.496 e. The number of rotatable bonds is 7. The van der Waals surface area contributed by atoms with Crippen molar-refractivity contribution in [1.82, 2.24) is 10.2 Å². The monoisotopic (exact) mass is 632 g/mol. The Kier molecular flexibility index (Phi) is 8.86. The fourth-order valence-electron chi connectivity index (χ4n) is 7.96. The van der Waals surface area contributed by atoms with Crippen molar-refractivity contribution in [2.24, 2.45) is 11.8 Å². The molecule has 2 N–H and O–H groups in total. The molecule has 7 heteroatoms. The lowest BCUT2D eigenvalue weighted by atomic mass is 9.52. The maximum Gasteiger partial charge on any atom is 0.408 e. The van der Waals surface area contributed by atoms with Crippen LogP contribution in [-0.4, -0.2) is 47.8 Å².